The molecule has 1 aliphatic rings. The van der Waals surface area contributed by atoms with Crippen molar-refractivity contribution >= 4 is 23.8 Å². The number of carbonyl (C=O) groups excluding carboxylic acids is 4. The van der Waals surface area contributed by atoms with E-state index >= 15 is 0 Å². The molecule has 1 N–H and O–H groups in total. The van der Waals surface area contributed by atoms with Crippen LogP contribution in [0.2, 0.25) is 0 Å². The molecule has 0 unspecified atom stereocenters. The fourth-order valence-corrected chi connectivity index (χ4v) is 2.91. The van der Waals surface area contributed by atoms with E-state index in [1.807, 2.05) is 0 Å². The van der Waals surface area contributed by atoms with Crippen LogP contribution in [0.25, 0.3) is 0 Å². The molecule has 0 aliphatic heterocycles. The van der Waals surface area contributed by atoms with E-state index in [1.54, 1.807) is 0 Å². The lowest BCUT2D eigenvalue weighted by atomic mass is 9.95. The Balaban J connectivity index is 2.85. The van der Waals surface area contributed by atoms with Crippen molar-refractivity contribution in [1.82, 2.24) is 5.32 Å². The van der Waals surface area contributed by atoms with E-state index in [-0.39, 0.29) is 18.2 Å². The van der Waals surface area contributed by atoms with Crippen LogP contribution in [0.15, 0.2) is 0 Å². The molecule has 24 heavy (non-hydrogen) atoms. The summed E-state index contributed by atoms with van der Waals surface area (Å²) in [5, 5.41) is 2.52. The van der Waals surface area contributed by atoms with Gasteiger partial charge in [-0.3, -0.25) is 14.4 Å². The van der Waals surface area contributed by atoms with Crippen LogP contribution in [0.3, 0.4) is 0 Å². The molecule has 0 spiro atoms. The van der Waals surface area contributed by atoms with Gasteiger partial charge in [0.15, 0.2) is 0 Å². The number of nitrogens with one attached hydrogen (secondary N) is 1. The molecule has 2 atom stereocenters. The normalized spacial score (nSPS) is 16.8. The van der Waals surface area contributed by atoms with Crippen molar-refractivity contribution in [3.63, 3.8) is 0 Å². The summed E-state index contributed by atoms with van der Waals surface area (Å²) in [5.74, 6) is -3.57. The average molecular weight is 343 g/mol. The standard InChI is InChI=1S/C16H25NO7/c1-22-13(19)9-11(15(20)23-2)14(16(21)24-3)17-12(18)8-10-6-4-5-7-10/h10-11,14H,4-9H2,1-3H3,(H,17,18)/t11-,14+/m1/s1. The van der Waals surface area contributed by atoms with Gasteiger partial charge < -0.3 is 19.5 Å². The van der Waals surface area contributed by atoms with E-state index in [9.17, 15) is 19.2 Å². The Bertz CT molecular complexity index is 471. The summed E-state index contributed by atoms with van der Waals surface area (Å²) in [5.41, 5.74) is 0. The van der Waals surface area contributed by atoms with E-state index in [2.05, 4.69) is 19.5 Å². The molecule has 1 aliphatic carbocycles. The van der Waals surface area contributed by atoms with E-state index in [4.69, 9.17) is 0 Å². The van der Waals surface area contributed by atoms with Crippen LogP contribution < -0.4 is 5.32 Å². The third-order valence-corrected chi connectivity index (χ3v) is 4.24. The number of hydrogen-bond acceptors (Lipinski definition) is 7. The smallest absolute Gasteiger partial charge is 0.329 e. The summed E-state index contributed by atoms with van der Waals surface area (Å²) in [6.07, 6.45) is 4.00. The number of rotatable bonds is 8. The van der Waals surface area contributed by atoms with Crippen LogP contribution in [0.4, 0.5) is 0 Å². The van der Waals surface area contributed by atoms with Gasteiger partial charge in [-0.1, -0.05) is 12.8 Å². The van der Waals surface area contributed by atoms with Gasteiger partial charge in [-0.2, -0.15) is 0 Å². The molecule has 0 aromatic heterocycles. The number of methoxy groups -OCH3 is 3. The summed E-state index contributed by atoms with van der Waals surface area (Å²) >= 11 is 0. The predicted octanol–water partition coefficient (Wildman–Crippen LogP) is 0.577. The lowest BCUT2D eigenvalue weighted by Crippen LogP contribution is -2.50. The highest BCUT2D eigenvalue weighted by Gasteiger charge is 2.38. The Hall–Kier alpha value is -2.12. The summed E-state index contributed by atoms with van der Waals surface area (Å²) in [6.45, 7) is 0. The van der Waals surface area contributed by atoms with Crippen molar-refractivity contribution in [2.45, 2.75) is 44.6 Å². The average Bonchev–Trinajstić information content (AvgIpc) is 3.08. The van der Waals surface area contributed by atoms with Gasteiger partial charge in [0.25, 0.3) is 0 Å². The Morgan fingerprint density at radius 1 is 0.958 bits per heavy atom. The Labute approximate surface area is 141 Å². The number of hydrogen-bond donors (Lipinski definition) is 1. The molecule has 8 heteroatoms. The Kier molecular flexibility index (Phi) is 8.21. The lowest BCUT2D eigenvalue weighted by molar-refractivity contribution is -0.159. The summed E-state index contributed by atoms with van der Waals surface area (Å²) in [6, 6.07) is -1.30. The van der Waals surface area contributed by atoms with Gasteiger partial charge >= 0.3 is 17.9 Å². The van der Waals surface area contributed by atoms with Gasteiger partial charge in [0.05, 0.1) is 33.7 Å². The molecule has 1 rings (SSSR count). The van der Waals surface area contributed by atoms with Crippen molar-refractivity contribution in [3.05, 3.63) is 0 Å². The van der Waals surface area contributed by atoms with E-state index < -0.39 is 36.3 Å². The van der Waals surface area contributed by atoms with Crippen LogP contribution >= 0.6 is 0 Å². The molecule has 136 valence electrons. The largest absolute Gasteiger partial charge is 0.469 e. The minimum absolute atomic E-state index is 0.277. The maximum Gasteiger partial charge on any atom is 0.329 e. The second-order valence-corrected chi connectivity index (χ2v) is 5.83. The second kappa shape index (κ2) is 9.89. The summed E-state index contributed by atoms with van der Waals surface area (Å²) in [4.78, 5) is 47.7. The molecule has 8 nitrogen and oxygen atoms in total. The maximum atomic E-state index is 12.2. The Morgan fingerprint density at radius 2 is 1.54 bits per heavy atom. The van der Waals surface area contributed by atoms with Crippen LogP contribution in [-0.4, -0.2) is 51.2 Å². The minimum atomic E-state index is -1.30. The van der Waals surface area contributed by atoms with Crippen LogP contribution in [0.1, 0.15) is 38.5 Å². The van der Waals surface area contributed by atoms with Crippen molar-refractivity contribution in [2.75, 3.05) is 21.3 Å². The number of esters is 3. The Morgan fingerprint density at radius 3 is 2.04 bits per heavy atom. The molecule has 0 heterocycles. The molecular formula is C16H25NO7. The highest BCUT2D eigenvalue weighted by molar-refractivity contribution is 5.91. The zero-order valence-electron chi connectivity index (χ0n) is 14.3. The first-order valence-corrected chi connectivity index (χ1v) is 7.94. The topological polar surface area (TPSA) is 108 Å². The third kappa shape index (κ3) is 5.82. The molecule has 0 bridgehead atoms. The first-order chi connectivity index (χ1) is 11.4. The predicted molar refractivity (Wildman–Crippen MR) is 82.7 cm³/mol. The fraction of sp³-hybridized carbons (Fsp3) is 0.750. The van der Waals surface area contributed by atoms with E-state index in [0.717, 1.165) is 39.9 Å². The zero-order valence-corrected chi connectivity index (χ0v) is 14.3. The summed E-state index contributed by atoms with van der Waals surface area (Å²) in [7, 11) is 3.45. The number of ether oxygens (including phenoxy) is 3. The van der Waals surface area contributed by atoms with Gasteiger partial charge in [-0.15, -0.1) is 0 Å². The molecular weight excluding hydrogens is 318 g/mol. The molecule has 0 radical (unpaired) electrons. The monoisotopic (exact) mass is 343 g/mol. The van der Waals surface area contributed by atoms with Gasteiger partial charge in [0.2, 0.25) is 5.91 Å². The van der Waals surface area contributed by atoms with Crippen molar-refractivity contribution in [2.24, 2.45) is 11.8 Å². The second-order valence-electron chi connectivity index (χ2n) is 5.83. The van der Waals surface area contributed by atoms with Crippen LogP contribution in [0.5, 0.6) is 0 Å². The molecule has 1 amide bonds. The SMILES string of the molecule is COC(=O)C[C@@H](C(=O)OC)[C@H](NC(=O)CC1CCCC1)C(=O)OC. The number of amides is 1. The maximum absolute atomic E-state index is 12.2. The van der Waals surface area contributed by atoms with Crippen molar-refractivity contribution in [1.29, 1.82) is 0 Å². The number of carbonyl (C=O) groups is 4. The first kappa shape index (κ1) is 19.9. The molecule has 1 fully saturated rings. The highest BCUT2D eigenvalue weighted by atomic mass is 16.5. The fourth-order valence-electron chi connectivity index (χ4n) is 2.91. The lowest BCUT2D eigenvalue weighted by Gasteiger charge is -2.24. The van der Waals surface area contributed by atoms with Crippen molar-refractivity contribution in [3.8, 4) is 0 Å². The van der Waals surface area contributed by atoms with Gasteiger partial charge in [-0.25, -0.2) is 4.79 Å². The van der Waals surface area contributed by atoms with Crippen molar-refractivity contribution < 1.29 is 33.4 Å². The summed E-state index contributed by atoms with van der Waals surface area (Å²) < 4.78 is 13.8. The highest BCUT2D eigenvalue weighted by Crippen LogP contribution is 2.27. The third-order valence-electron chi connectivity index (χ3n) is 4.24. The quantitative estimate of drug-likeness (QED) is 0.507. The zero-order chi connectivity index (χ0) is 18.1. The first-order valence-electron chi connectivity index (χ1n) is 7.94. The van der Waals surface area contributed by atoms with Gasteiger partial charge in [0, 0.05) is 6.42 Å². The molecule has 0 aromatic rings. The van der Waals surface area contributed by atoms with E-state index in [0.29, 0.717) is 0 Å². The minimum Gasteiger partial charge on any atom is -0.469 e. The molecule has 0 saturated heterocycles. The van der Waals surface area contributed by atoms with Crippen LogP contribution in [0, 0.1) is 11.8 Å². The van der Waals surface area contributed by atoms with Gasteiger partial charge in [0.1, 0.15) is 6.04 Å². The van der Waals surface area contributed by atoms with E-state index in [1.165, 1.54) is 7.11 Å². The van der Waals surface area contributed by atoms with Gasteiger partial charge in [-0.05, 0) is 18.8 Å². The van der Waals surface area contributed by atoms with Crippen LogP contribution in [-0.2, 0) is 33.4 Å². The molecule has 0 aromatic carbocycles. The molecule has 1 saturated carbocycles.